The van der Waals surface area contributed by atoms with E-state index in [9.17, 15) is 57.5 Å². The number of carbonyl (C=O) groups is 1. The van der Waals surface area contributed by atoms with E-state index < -0.39 is 89.9 Å². The summed E-state index contributed by atoms with van der Waals surface area (Å²) < 4.78 is 165. The van der Waals surface area contributed by atoms with Gasteiger partial charge in [0.2, 0.25) is 0 Å². The number of halogens is 12. The summed E-state index contributed by atoms with van der Waals surface area (Å²) in [6, 6.07) is 1.73. The maximum Gasteiger partial charge on any atom is 0.434 e. The van der Waals surface area contributed by atoms with Crippen molar-refractivity contribution in [3.05, 3.63) is 64.2 Å². The fourth-order valence-corrected chi connectivity index (χ4v) is 3.73. The van der Waals surface area contributed by atoms with E-state index >= 15 is 0 Å². The first-order valence-corrected chi connectivity index (χ1v) is 9.94. The van der Waals surface area contributed by atoms with Crippen LogP contribution in [-0.4, -0.2) is 25.0 Å². The highest BCUT2D eigenvalue weighted by atomic mass is 19.4. The molecule has 1 amide bonds. The van der Waals surface area contributed by atoms with E-state index in [1.807, 2.05) is 0 Å². The van der Waals surface area contributed by atoms with Crippen LogP contribution in [0.25, 0.3) is 0 Å². The molecule has 4 nitrogen and oxygen atoms in total. The highest BCUT2D eigenvalue weighted by molar-refractivity contribution is 5.91. The number of alkyl halides is 12. The van der Waals surface area contributed by atoms with Gasteiger partial charge in [-0.15, -0.1) is 0 Å². The van der Waals surface area contributed by atoms with Gasteiger partial charge >= 0.3 is 30.8 Å². The minimum Gasteiger partial charge on any atom is -0.426 e. The van der Waals surface area contributed by atoms with Crippen LogP contribution in [0.4, 0.5) is 63.2 Å². The largest absolute Gasteiger partial charge is 0.434 e. The molecule has 1 atom stereocenters. The van der Waals surface area contributed by atoms with Gasteiger partial charge in [0.05, 0.1) is 24.1 Å². The predicted molar refractivity (Wildman–Crippen MR) is 102 cm³/mol. The lowest BCUT2D eigenvalue weighted by Gasteiger charge is -2.31. The third-order valence-corrected chi connectivity index (χ3v) is 5.49. The van der Waals surface area contributed by atoms with Crippen molar-refractivity contribution in [2.24, 2.45) is 5.73 Å². The first-order chi connectivity index (χ1) is 16.7. The first-order valence-electron chi connectivity index (χ1n) is 9.94. The molecule has 1 unspecified atom stereocenters. The van der Waals surface area contributed by atoms with Gasteiger partial charge in [0.15, 0.2) is 0 Å². The molecule has 2 N–H and O–H groups in total. The second kappa shape index (κ2) is 8.99. The van der Waals surface area contributed by atoms with Crippen molar-refractivity contribution in [1.29, 1.82) is 0 Å². The van der Waals surface area contributed by atoms with Crippen molar-refractivity contribution in [3.8, 4) is 0 Å². The summed E-state index contributed by atoms with van der Waals surface area (Å²) in [5.74, 6) is 0. The molecule has 37 heavy (non-hydrogen) atoms. The van der Waals surface area contributed by atoms with Gasteiger partial charge < -0.3 is 10.5 Å². The summed E-state index contributed by atoms with van der Waals surface area (Å²) in [5, 5.41) is 0. The molecule has 3 rings (SSSR count). The molecule has 204 valence electrons. The fourth-order valence-electron chi connectivity index (χ4n) is 3.73. The van der Waals surface area contributed by atoms with Crippen LogP contribution >= 0.6 is 0 Å². The number of nitrogens with two attached hydrogens (primary N) is 1. The molecule has 0 spiro atoms. The average Bonchev–Trinajstić information content (AvgIpc) is 3.09. The Hall–Kier alpha value is -3.17. The normalized spacial score (nSPS) is 19.4. The van der Waals surface area contributed by atoms with Crippen molar-refractivity contribution >= 4 is 11.8 Å². The van der Waals surface area contributed by atoms with Crippen molar-refractivity contribution in [2.75, 3.05) is 11.4 Å². The van der Waals surface area contributed by atoms with Crippen LogP contribution in [0, 0.1) is 0 Å². The molecule has 0 bridgehead atoms. The summed E-state index contributed by atoms with van der Waals surface area (Å²) in [7, 11) is 0. The number of benzene rings is 2. The lowest BCUT2D eigenvalue weighted by atomic mass is 9.89. The molecular formula is C21H14F12N2O2. The predicted octanol–water partition coefficient (Wildman–Crippen LogP) is 6.70. The first kappa shape index (κ1) is 28.4. The Morgan fingerprint density at radius 2 is 1.35 bits per heavy atom. The van der Waals surface area contributed by atoms with Crippen LogP contribution in [0.3, 0.4) is 0 Å². The number of carbonyl (C=O) groups excluding carboxylic acids is 1. The van der Waals surface area contributed by atoms with Crippen LogP contribution in [0.5, 0.6) is 0 Å². The molecule has 2 aromatic rings. The van der Waals surface area contributed by atoms with E-state index in [1.165, 1.54) is 0 Å². The number of rotatable bonds is 4. The molecule has 1 fully saturated rings. The third-order valence-electron chi connectivity index (χ3n) is 5.49. The van der Waals surface area contributed by atoms with Crippen molar-refractivity contribution in [1.82, 2.24) is 0 Å². The molecule has 2 aromatic carbocycles. The second-order valence-electron chi connectivity index (χ2n) is 8.02. The Labute approximate surface area is 199 Å². The van der Waals surface area contributed by atoms with Gasteiger partial charge in [-0.3, -0.25) is 4.90 Å². The maximum atomic E-state index is 14.2. The molecule has 1 heterocycles. The number of amides is 1. The Kier molecular flexibility index (Phi) is 6.90. The lowest BCUT2D eigenvalue weighted by Crippen LogP contribution is -2.46. The highest BCUT2D eigenvalue weighted by Crippen LogP contribution is 2.50. The molecule has 0 saturated carbocycles. The van der Waals surface area contributed by atoms with Crippen LogP contribution in [0.15, 0.2) is 36.4 Å². The molecule has 1 saturated heterocycles. The number of nitrogens with zero attached hydrogens (tertiary/aromatic N) is 1. The second-order valence-corrected chi connectivity index (χ2v) is 8.02. The minimum atomic E-state index is -5.74. The van der Waals surface area contributed by atoms with E-state index in [0.29, 0.717) is 6.07 Å². The Balaban J connectivity index is 2.18. The zero-order chi connectivity index (χ0) is 28.2. The van der Waals surface area contributed by atoms with Gasteiger partial charge in [0, 0.05) is 17.8 Å². The number of ether oxygens (including phenoxy) is 1. The Morgan fingerprint density at radius 1 is 0.811 bits per heavy atom. The topological polar surface area (TPSA) is 55.6 Å². The van der Waals surface area contributed by atoms with Crippen LogP contribution in [0.1, 0.15) is 27.8 Å². The van der Waals surface area contributed by atoms with E-state index in [1.54, 1.807) is 0 Å². The number of anilines is 1. The van der Waals surface area contributed by atoms with E-state index in [2.05, 4.69) is 4.74 Å². The van der Waals surface area contributed by atoms with Gasteiger partial charge in [-0.1, -0.05) is 6.07 Å². The monoisotopic (exact) mass is 554 g/mol. The molecule has 1 aliphatic rings. The van der Waals surface area contributed by atoms with Gasteiger partial charge in [-0.2, -0.15) is 52.7 Å². The van der Waals surface area contributed by atoms with Crippen molar-refractivity contribution < 1.29 is 62.2 Å². The van der Waals surface area contributed by atoms with Crippen molar-refractivity contribution in [3.63, 3.8) is 0 Å². The van der Waals surface area contributed by atoms with Gasteiger partial charge in [0.25, 0.3) is 5.60 Å². The standard InChI is InChI=1S/C21H14F12N2O2/c22-18(23,24)7-11-3-15(2-1-10(11)8-34)35-9-17(21(31,32)33,37-16(35)36)12-4-13(19(25,26)27)6-14(5-12)20(28,29)30/h1-6H,7-9,34H2. The summed E-state index contributed by atoms with van der Waals surface area (Å²) in [6.07, 6.45) is -25.0. The van der Waals surface area contributed by atoms with Gasteiger partial charge in [0.1, 0.15) is 0 Å². The summed E-state index contributed by atoms with van der Waals surface area (Å²) in [5.41, 5.74) is -5.64. The van der Waals surface area contributed by atoms with Gasteiger partial charge in [-0.05, 0) is 41.5 Å². The number of hydrogen-bond acceptors (Lipinski definition) is 3. The van der Waals surface area contributed by atoms with E-state index in [0.717, 1.165) is 12.1 Å². The summed E-state index contributed by atoms with van der Waals surface area (Å²) >= 11 is 0. The molecule has 0 radical (unpaired) electrons. The fraction of sp³-hybridized carbons (Fsp3) is 0.381. The van der Waals surface area contributed by atoms with Crippen LogP contribution in [0.2, 0.25) is 0 Å². The third kappa shape index (κ3) is 5.72. The molecule has 1 aliphatic heterocycles. The number of cyclic esters (lactones) is 1. The molecular weight excluding hydrogens is 540 g/mol. The van der Waals surface area contributed by atoms with E-state index in [4.69, 9.17) is 5.73 Å². The molecule has 16 heteroatoms. The molecule has 0 aliphatic carbocycles. The Bertz CT molecular complexity index is 1150. The number of hydrogen-bond donors (Lipinski definition) is 1. The zero-order valence-electron chi connectivity index (χ0n) is 18.0. The minimum absolute atomic E-state index is 0.0663. The van der Waals surface area contributed by atoms with Crippen molar-refractivity contribution in [2.45, 2.75) is 43.3 Å². The van der Waals surface area contributed by atoms with Gasteiger partial charge in [-0.25, -0.2) is 4.79 Å². The summed E-state index contributed by atoms with van der Waals surface area (Å²) in [6.45, 7) is -2.09. The average molecular weight is 554 g/mol. The van der Waals surface area contributed by atoms with Crippen LogP contribution in [-0.2, 0) is 35.7 Å². The maximum absolute atomic E-state index is 14.2. The molecule has 0 aromatic heterocycles. The highest BCUT2D eigenvalue weighted by Gasteiger charge is 2.65. The quantitative estimate of drug-likeness (QED) is 0.428. The van der Waals surface area contributed by atoms with Crippen LogP contribution < -0.4 is 10.6 Å². The lowest BCUT2D eigenvalue weighted by molar-refractivity contribution is -0.250. The SMILES string of the molecule is NCc1ccc(N2CC(c3cc(C(F)(F)F)cc(C(F)(F)F)c3)(C(F)(F)F)OC2=O)cc1CC(F)(F)F. The summed E-state index contributed by atoms with van der Waals surface area (Å²) in [4.78, 5) is 12.6. The van der Waals surface area contributed by atoms with E-state index in [-0.39, 0.29) is 22.6 Å². The Morgan fingerprint density at radius 3 is 1.78 bits per heavy atom. The smallest absolute Gasteiger partial charge is 0.426 e. The zero-order valence-corrected chi connectivity index (χ0v) is 18.0.